The predicted molar refractivity (Wildman–Crippen MR) is 78.0 cm³/mol. The number of aromatic nitrogens is 1. The Kier molecular flexibility index (Phi) is 3.53. The quantitative estimate of drug-likeness (QED) is 0.943. The molecule has 0 aliphatic heterocycles. The molecule has 4 heteroatoms. The van der Waals surface area contributed by atoms with Gasteiger partial charge in [0.2, 0.25) is 0 Å². The highest BCUT2D eigenvalue weighted by Crippen LogP contribution is 2.32. The Labute approximate surface area is 120 Å². The first-order valence-corrected chi connectivity index (χ1v) is 7.12. The number of hydrogen-bond acceptors (Lipinski definition) is 3. The Hall–Kier alpha value is -1.39. The van der Waals surface area contributed by atoms with Crippen LogP contribution in [0.5, 0.6) is 5.75 Å². The molecule has 0 amide bonds. The van der Waals surface area contributed by atoms with Crippen molar-refractivity contribution >= 4 is 15.9 Å². The van der Waals surface area contributed by atoms with Gasteiger partial charge in [0.25, 0.3) is 0 Å². The first kappa shape index (κ1) is 12.6. The fraction of sp³-hybridized carbons (Fsp3) is 0.267. The van der Waals surface area contributed by atoms with E-state index in [0.29, 0.717) is 6.61 Å². The van der Waals surface area contributed by atoms with Crippen molar-refractivity contribution in [1.29, 1.82) is 0 Å². The molecular weight excluding hydrogens is 304 g/mol. The maximum absolute atomic E-state index is 6.02. The third-order valence-corrected chi connectivity index (χ3v) is 3.84. The second-order valence-corrected chi connectivity index (χ2v) is 5.72. The molecule has 3 nitrogen and oxygen atoms in total. The second kappa shape index (κ2) is 5.31. The van der Waals surface area contributed by atoms with Crippen LogP contribution >= 0.6 is 15.9 Å². The first-order valence-electron chi connectivity index (χ1n) is 6.33. The zero-order valence-electron chi connectivity index (χ0n) is 10.5. The van der Waals surface area contributed by atoms with Crippen LogP contribution < -0.4 is 10.5 Å². The second-order valence-electron chi connectivity index (χ2n) is 4.81. The van der Waals surface area contributed by atoms with Crippen LogP contribution in [0.2, 0.25) is 0 Å². The number of halogens is 1. The van der Waals surface area contributed by atoms with Gasteiger partial charge in [0.05, 0.1) is 0 Å². The summed E-state index contributed by atoms with van der Waals surface area (Å²) in [5, 5.41) is 0. The minimum Gasteiger partial charge on any atom is -0.489 e. The Morgan fingerprint density at radius 3 is 3.05 bits per heavy atom. The minimum atomic E-state index is 0.193. The Morgan fingerprint density at radius 1 is 1.32 bits per heavy atom. The van der Waals surface area contributed by atoms with Crippen LogP contribution in [0.15, 0.2) is 41.1 Å². The van der Waals surface area contributed by atoms with Crippen LogP contribution in [0.1, 0.15) is 29.2 Å². The zero-order chi connectivity index (χ0) is 13.2. The number of benzene rings is 1. The molecule has 3 rings (SSSR count). The van der Waals surface area contributed by atoms with Gasteiger partial charge in [-0.3, -0.25) is 4.98 Å². The maximum Gasteiger partial charge on any atom is 0.120 e. The van der Waals surface area contributed by atoms with Gasteiger partial charge in [-0.05, 0) is 58.1 Å². The van der Waals surface area contributed by atoms with E-state index in [4.69, 9.17) is 10.5 Å². The van der Waals surface area contributed by atoms with Gasteiger partial charge in [0.15, 0.2) is 0 Å². The van der Waals surface area contributed by atoms with Crippen LogP contribution in [0.4, 0.5) is 0 Å². The van der Waals surface area contributed by atoms with E-state index in [1.165, 1.54) is 11.1 Å². The summed E-state index contributed by atoms with van der Waals surface area (Å²) in [5.41, 5.74) is 9.65. The lowest BCUT2D eigenvalue weighted by molar-refractivity contribution is 0.305. The molecule has 0 spiro atoms. The molecule has 0 saturated heterocycles. The van der Waals surface area contributed by atoms with Crippen molar-refractivity contribution < 1.29 is 4.74 Å². The summed E-state index contributed by atoms with van der Waals surface area (Å²) in [7, 11) is 0. The van der Waals surface area contributed by atoms with Gasteiger partial charge < -0.3 is 10.5 Å². The predicted octanol–water partition coefficient (Wildman–Crippen LogP) is 3.37. The molecule has 2 aromatic rings. The third-order valence-electron chi connectivity index (χ3n) is 3.41. The zero-order valence-corrected chi connectivity index (χ0v) is 12.1. The average Bonchev–Trinajstić information content (AvgIpc) is 2.78. The normalized spacial score (nSPS) is 17.3. The first-order chi connectivity index (χ1) is 9.22. The maximum atomic E-state index is 6.02. The summed E-state index contributed by atoms with van der Waals surface area (Å²) in [6.45, 7) is 0.525. The highest BCUT2D eigenvalue weighted by molar-refractivity contribution is 9.10. The number of nitrogens with two attached hydrogens (primary N) is 1. The van der Waals surface area contributed by atoms with Crippen molar-refractivity contribution in [1.82, 2.24) is 4.98 Å². The molecule has 1 atom stereocenters. The van der Waals surface area contributed by atoms with Gasteiger partial charge in [-0.1, -0.05) is 6.07 Å². The molecule has 98 valence electrons. The largest absolute Gasteiger partial charge is 0.489 e. The molecule has 0 unspecified atom stereocenters. The molecule has 0 saturated carbocycles. The minimum absolute atomic E-state index is 0.193. The van der Waals surface area contributed by atoms with Crippen molar-refractivity contribution in [3.8, 4) is 5.75 Å². The molecule has 1 aliphatic carbocycles. The number of fused-ring (bicyclic) bond motifs is 1. The lowest BCUT2D eigenvalue weighted by Crippen LogP contribution is -2.05. The fourth-order valence-corrected chi connectivity index (χ4v) is 2.83. The Bertz CT molecular complexity index is 600. The van der Waals surface area contributed by atoms with Crippen LogP contribution in [-0.2, 0) is 13.0 Å². The van der Waals surface area contributed by atoms with Gasteiger partial charge in [-0.25, -0.2) is 0 Å². The molecule has 19 heavy (non-hydrogen) atoms. The lowest BCUT2D eigenvalue weighted by Gasteiger charge is -2.09. The Morgan fingerprint density at radius 2 is 2.21 bits per heavy atom. The summed E-state index contributed by atoms with van der Waals surface area (Å²) < 4.78 is 6.77. The Balaban J connectivity index is 1.71. The number of hydrogen-bond donors (Lipinski definition) is 1. The average molecular weight is 319 g/mol. The van der Waals surface area contributed by atoms with Gasteiger partial charge in [-0.15, -0.1) is 0 Å². The van der Waals surface area contributed by atoms with Crippen LogP contribution in [-0.4, -0.2) is 4.98 Å². The molecule has 1 aliphatic rings. The number of nitrogens with zero attached hydrogens (tertiary/aromatic N) is 1. The molecule has 0 radical (unpaired) electrons. The standard InChI is InChI=1S/C15H15BrN2O/c16-12-5-10(7-18-8-12)9-19-13-2-3-14-11(6-13)1-4-15(14)17/h2-3,5-8,15H,1,4,9,17H2/t15-/m0/s1. The van der Waals surface area contributed by atoms with Crippen LogP contribution in [0, 0.1) is 0 Å². The van der Waals surface area contributed by atoms with Gasteiger partial charge in [-0.2, -0.15) is 0 Å². The number of ether oxygens (including phenoxy) is 1. The highest BCUT2D eigenvalue weighted by Gasteiger charge is 2.18. The topological polar surface area (TPSA) is 48.1 Å². The van der Waals surface area contributed by atoms with E-state index in [9.17, 15) is 0 Å². The fourth-order valence-electron chi connectivity index (χ4n) is 2.42. The van der Waals surface area contributed by atoms with E-state index >= 15 is 0 Å². The number of rotatable bonds is 3. The van der Waals surface area contributed by atoms with E-state index < -0.39 is 0 Å². The van der Waals surface area contributed by atoms with E-state index in [0.717, 1.165) is 28.6 Å². The summed E-state index contributed by atoms with van der Waals surface area (Å²) in [6.07, 6.45) is 5.66. The molecule has 1 aromatic carbocycles. The van der Waals surface area contributed by atoms with E-state index in [1.807, 2.05) is 18.3 Å². The third kappa shape index (κ3) is 2.80. The molecular formula is C15H15BrN2O. The summed E-state index contributed by atoms with van der Waals surface area (Å²) >= 11 is 3.40. The van der Waals surface area contributed by atoms with Crippen molar-refractivity contribution in [2.24, 2.45) is 5.73 Å². The number of pyridine rings is 1. The van der Waals surface area contributed by atoms with E-state index in [1.54, 1.807) is 6.20 Å². The summed E-state index contributed by atoms with van der Waals surface area (Å²) in [5.74, 6) is 0.896. The van der Waals surface area contributed by atoms with Crippen molar-refractivity contribution in [2.45, 2.75) is 25.5 Å². The molecule has 2 N–H and O–H groups in total. The monoisotopic (exact) mass is 318 g/mol. The molecule has 1 aromatic heterocycles. The lowest BCUT2D eigenvalue weighted by atomic mass is 10.1. The van der Waals surface area contributed by atoms with E-state index in [-0.39, 0.29) is 6.04 Å². The smallest absolute Gasteiger partial charge is 0.120 e. The highest BCUT2D eigenvalue weighted by atomic mass is 79.9. The van der Waals surface area contributed by atoms with Crippen LogP contribution in [0.3, 0.4) is 0 Å². The molecule has 1 heterocycles. The van der Waals surface area contributed by atoms with Gasteiger partial charge in [0, 0.05) is 28.5 Å². The number of aryl methyl sites for hydroxylation is 1. The SMILES string of the molecule is N[C@H]1CCc2cc(OCc3cncc(Br)c3)ccc21. The summed E-state index contributed by atoms with van der Waals surface area (Å²) in [4.78, 5) is 4.12. The van der Waals surface area contributed by atoms with Crippen molar-refractivity contribution in [2.75, 3.05) is 0 Å². The molecule has 0 bridgehead atoms. The molecule has 0 fully saturated rings. The van der Waals surface area contributed by atoms with Gasteiger partial charge in [0.1, 0.15) is 12.4 Å². The van der Waals surface area contributed by atoms with Crippen LogP contribution in [0.25, 0.3) is 0 Å². The van der Waals surface area contributed by atoms with Crippen molar-refractivity contribution in [3.05, 3.63) is 57.8 Å². The van der Waals surface area contributed by atoms with Crippen molar-refractivity contribution in [3.63, 3.8) is 0 Å². The summed E-state index contributed by atoms with van der Waals surface area (Å²) in [6, 6.07) is 8.39. The van der Waals surface area contributed by atoms with E-state index in [2.05, 4.69) is 33.0 Å². The van der Waals surface area contributed by atoms with Gasteiger partial charge >= 0.3 is 0 Å².